The summed E-state index contributed by atoms with van der Waals surface area (Å²) in [4.78, 5) is 13.7. The Hall–Kier alpha value is -1.97. The van der Waals surface area contributed by atoms with Crippen molar-refractivity contribution in [3.63, 3.8) is 0 Å². The van der Waals surface area contributed by atoms with E-state index in [1.807, 2.05) is 0 Å². The van der Waals surface area contributed by atoms with Gasteiger partial charge in [-0.05, 0) is 12.1 Å². The van der Waals surface area contributed by atoms with E-state index >= 15 is 0 Å². The number of hydrogen-bond donors (Lipinski definition) is 1. The third-order valence-electron chi connectivity index (χ3n) is 2.01. The number of H-pyrrole nitrogens is 1. The average molecular weight is 207 g/mol. The van der Waals surface area contributed by atoms with Crippen LogP contribution in [-0.2, 0) is 0 Å². The van der Waals surface area contributed by atoms with E-state index in [1.54, 1.807) is 0 Å². The molecule has 1 N–H and O–H groups in total. The molecule has 0 aliphatic carbocycles. The third-order valence-corrected chi connectivity index (χ3v) is 2.01. The highest BCUT2D eigenvalue weighted by Crippen LogP contribution is 2.20. The van der Waals surface area contributed by atoms with Gasteiger partial charge in [-0.1, -0.05) is 6.07 Å². The highest BCUT2D eigenvalue weighted by molar-refractivity contribution is 5.59. The summed E-state index contributed by atoms with van der Waals surface area (Å²) in [7, 11) is 0. The summed E-state index contributed by atoms with van der Waals surface area (Å²) in [6.07, 6.45) is 1.39. The summed E-state index contributed by atoms with van der Waals surface area (Å²) >= 11 is 0. The second-order valence-electron chi connectivity index (χ2n) is 3.04. The second kappa shape index (κ2) is 3.65. The van der Waals surface area contributed by atoms with Crippen LogP contribution in [0, 0.1) is 11.6 Å². The van der Waals surface area contributed by atoms with Crippen molar-refractivity contribution in [1.82, 2.24) is 4.98 Å². The predicted molar refractivity (Wildman–Crippen MR) is 52.4 cm³/mol. The van der Waals surface area contributed by atoms with Crippen LogP contribution in [0.2, 0.25) is 0 Å². The minimum absolute atomic E-state index is 0.0488. The number of halogens is 2. The van der Waals surface area contributed by atoms with Crippen molar-refractivity contribution in [3.8, 4) is 11.3 Å². The first-order chi connectivity index (χ1) is 7.18. The van der Waals surface area contributed by atoms with Crippen molar-refractivity contribution >= 4 is 0 Å². The highest BCUT2D eigenvalue weighted by atomic mass is 19.2. The van der Waals surface area contributed by atoms with Crippen LogP contribution in [0.25, 0.3) is 11.3 Å². The standard InChI is InChI=1S/C11H7F2NO/c12-9-3-1-2-8(11(9)13)10-6-7(15)4-5-14-10/h1-6H,(H,14,15). The first-order valence-electron chi connectivity index (χ1n) is 4.31. The molecule has 76 valence electrons. The first-order valence-corrected chi connectivity index (χ1v) is 4.31. The van der Waals surface area contributed by atoms with Gasteiger partial charge in [0.05, 0.1) is 5.69 Å². The Labute approximate surface area is 84.2 Å². The Bertz CT molecular complexity index is 548. The molecule has 0 atom stereocenters. The summed E-state index contributed by atoms with van der Waals surface area (Å²) in [6, 6.07) is 6.35. The predicted octanol–water partition coefficient (Wildman–Crippen LogP) is 2.32. The number of pyridine rings is 1. The fourth-order valence-corrected chi connectivity index (χ4v) is 1.31. The molecular formula is C11H7F2NO. The molecule has 0 amide bonds. The zero-order chi connectivity index (χ0) is 10.8. The average Bonchev–Trinajstić information content (AvgIpc) is 2.22. The number of aromatic nitrogens is 1. The van der Waals surface area contributed by atoms with Gasteiger partial charge >= 0.3 is 0 Å². The van der Waals surface area contributed by atoms with Crippen LogP contribution >= 0.6 is 0 Å². The van der Waals surface area contributed by atoms with Gasteiger partial charge in [-0.2, -0.15) is 0 Å². The minimum Gasteiger partial charge on any atom is -0.361 e. The van der Waals surface area contributed by atoms with Crippen molar-refractivity contribution in [2.45, 2.75) is 0 Å². The number of hydrogen-bond acceptors (Lipinski definition) is 1. The van der Waals surface area contributed by atoms with E-state index in [9.17, 15) is 13.6 Å². The van der Waals surface area contributed by atoms with Crippen LogP contribution in [0.15, 0.2) is 41.3 Å². The molecule has 0 fully saturated rings. The van der Waals surface area contributed by atoms with E-state index in [2.05, 4.69) is 4.98 Å². The minimum atomic E-state index is -0.959. The van der Waals surface area contributed by atoms with Gasteiger partial charge in [-0.15, -0.1) is 0 Å². The molecule has 15 heavy (non-hydrogen) atoms. The first kappa shape index (κ1) is 9.58. The normalized spacial score (nSPS) is 10.3. The van der Waals surface area contributed by atoms with Gasteiger partial charge in [-0.3, -0.25) is 4.79 Å². The quantitative estimate of drug-likeness (QED) is 0.764. The van der Waals surface area contributed by atoms with Crippen LogP contribution in [0.1, 0.15) is 0 Å². The summed E-state index contributed by atoms with van der Waals surface area (Å²) in [5, 5.41) is 0. The van der Waals surface area contributed by atoms with Gasteiger partial charge in [-0.25, -0.2) is 8.78 Å². The molecular weight excluding hydrogens is 200 g/mol. The molecule has 0 saturated heterocycles. The van der Waals surface area contributed by atoms with Crippen LogP contribution in [0.4, 0.5) is 8.78 Å². The van der Waals surface area contributed by atoms with Gasteiger partial charge in [0, 0.05) is 23.9 Å². The van der Waals surface area contributed by atoms with Crippen molar-refractivity contribution in [2.24, 2.45) is 0 Å². The van der Waals surface area contributed by atoms with Gasteiger partial charge in [0.2, 0.25) is 0 Å². The van der Waals surface area contributed by atoms with Crippen molar-refractivity contribution < 1.29 is 8.78 Å². The lowest BCUT2D eigenvalue weighted by Gasteiger charge is -2.02. The maximum absolute atomic E-state index is 13.3. The fourth-order valence-electron chi connectivity index (χ4n) is 1.31. The number of aromatic amines is 1. The maximum Gasteiger partial charge on any atom is 0.182 e. The van der Waals surface area contributed by atoms with E-state index in [4.69, 9.17) is 0 Å². The fraction of sp³-hybridized carbons (Fsp3) is 0. The SMILES string of the molecule is O=c1cc[nH]c(-c2cccc(F)c2F)c1. The summed E-state index contributed by atoms with van der Waals surface area (Å²) in [5.74, 6) is -1.89. The largest absolute Gasteiger partial charge is 0.361 e. The zero-order valence-corrected chi connectivity index (χ0v) is 7.63. The molecule has 1 aromatic heterocycles. The topological polar surface area (TPSA) is 32.9 Å². The van der Waals surface area contributed by atoms with Gasteiger partial charge in [0.15, 0.2) is 17.1 Å². The van der Waals surface area contributed by atoms with Crippen LogP contribution < -0.4 is 5.43 Å². The molecule has 2 rings (SSSR count). The van der Waals surface area contributed by atoms with Crippen LogP contribution in [0.3, 0.4) is 0 Å². The second-order valence-corrected chi connectivity index (χ2v) is 3.04. The maximum atomic E-state index is 13.3. The van der Waals surface area contributed by atoms with Crippen LogP contribution in [0.5, 0.6) is 0 Å². The molecule has 0 bridgehead atoms. The molecule has 2 aromatic rings. The van der Waals surface area contributed by atoms with Crippen LogP contribution in [-0.4, -0.2) is 4.98 Å². The van der Waals surface area contributed by atoms with Crippen molar-refractivity contribution in [3.05, 3.63) is 58.4 Å². The zero-order valence-electron chi connectivity index (χ0n) is 7.63. The van der Waals surface area contributed by atoms with E-state index in [1.165, 1.54) is 30.5 Å². The summed E-state index contributed by atoms with van der Waals surface area (Å²) < 4.78 is 26.2. The molecule has 1 aromatic carbocycles. The number of nitrogens with one attached hydrogen (secondary N) is 1. The lowest BCUT2D eigenvalue weighted by Crippen LogP contribution is -1.99. The summed E-state index contributed by atoms with van der Waals surface area (Å²) in [6.45, 7) is 0. The molecule has 1 heterocycles. The molecule has 0 saturated carbocycles. The molecule has 2 nitrogen and oxygen atoms in total. The highest BCUT2D eigenvalue weighted by Gasteiger charge is 2.09. The van der Waals surface area contributed by atoms with E-state index in [0.717, 1.165) is 6.07 Å². The van der Waals surface area contributed by atoms with E-state index in [0.29, 0.717) is 0 Å². The lowest BCUT2D eigenvalue weighted by atomic mass is 10.1. The molecule has 0 aliphatic heterocycles. The van der Waals surface area contributed by atoms with Gasteiger partial charge < -0.3 is 4.98 Å². The number of benzene rings is 1. The molecule has 4 heteroatoms. The Morgan fingerprint density at radius 2 is 1.93 bits per heavy atom. The molecule has 0 radical (unpaired) electrons. The smallest absolute Gasteiger partial charge is 0.182 e. The van der Waals surface area contributed by atoms with E-state index in [-0.39, 0.29) is 16.7 Å². The molecule has 0 aliphatic rings. The van der Waals surface area contributed by atoms with Crippen molar-refractivity contribution in [2.75, 3.05) is 0 Å². The van der Waals surface area contributed by atoms with E-state index < -0.39 is 11.6 Å². The lowest BCUT2D eigenvalue weighted by molar-refractivity contribution is 0.511. The Morgan fingerprint density at radius 3 is 2.67 bits per heavy atom. The number of rotatable bonds is 1. The Morgan fingerprint density at radius 1 is 1.13 bits per heavy atom. The monoisotopic (exact) mass is 207 g/mol. The van der Waals surface area contributed by atoms with Gasteiger partial charge in [0.1, 0.15) is 0 Å². The summed E-state index contributed by atoms with van der Waals surface area (Å²) in [5.41, 5.74) is 0.0552. The molecule has 0 unspecified atom stereocenters. The third kappa shape index (κ3) is 1.79. The van der Waals surface area contributed by atoms with Crippen molar-refractivity contribution in [1.29, 1.82) is 0 Å². The Kier molecular flexibility index (Phi) is 2.33. The van der Waals surface area contributed by atoms with Gasteiger partial charge in [0.25, 0.3) is 0 Å². The Balaban J connectivity index is 2.64. The molecule has 0 spiro atoms.